The summed E-state index contributed by atoms with van der Waals surface area (Å²) in [7, 11) is -3.56. The van der Waals surface area contributed by atoms with Crippen LogP contribution in [0.4, 0.5) is 5.69 Å². The van der Waals surface area contributed by atoms with Crippen LogP contribution in [0.3, 0.4) is 0 Å². The molecule has 1 saturated carbocycles. The molecule has 1 aromatic rings. The molecule has 0 bridgehead atoms. The number of nitrogens with one attached hydrogen (secondary N) is 2. The Kier molecular flexibility index (Phi) is 4.33. The predicted molar refractivity (Wildman–Crippen MR) is 76.0 cm³/mol. The van der Waals surface area contributed by atoms with E-state index in [0.717, 1.165) is 12.8 Å². The Bertz CT molecular complexity index is 567. The first kappa shape index (κ1) is 15.2. The molecule has 0 spiro atoms. The Balaban J connectivity index is 2.17. The van der Waals surface area contributed by atoms with Crippen LogP contribution in [0.1, 0.15) is 19.8 Å². The molecule has 20 heavy (non-hydrogen) atoms. The Labute approximate surface area is 118 Å². The lowest BCUT2D eigenvalue weighted by molar-refractivity contribution is 0.0132. The second kappa shape index (κ2) is 5.69. The summed E-state index contributed by atoms with van der Waals surface area (Å²) in [6.45, 7) is 1.12. The fourth-order valence-electron chi connectivity index (χ4n) is 1.67. The van der Waals surface area contributed by atoms with E-state index >= 15 is 0 Å². The van der Waals surface area contributed by atoms with Gasteiger partial charge in [-0.25, -0.2) is 13.1 Å². The SMILES string of the molecule is CC(O)(CO)CNc1ccccc1S(=O)(=O)NC1CC1. The van der Waals surface area contributed by atoms with Gasteiger partial charge in [0.15, 0.2) is 0 Å². The van der Waals surface area contributed by atoms with E-state index in [0.29, 0.717) is 5.69 Å². The van der Waals surface area contributed by atoms with Gasteiger partial charge in [-0.15, -0.1) is 0 Å². The van der Waals surface area contributed by atoms with Crippen LogP contribution < -0.4 is 10.0 Å². The van der Waals surface area contributed by atoms with Gasteiger partial charge in [-0.05, 0) is 31.9 Å². The summed E-state index contributed by atoms with van der Waals surface area (Å²) in [6.07, 6.45) is 1.74. The van der Waals surface area contributed by atoms with E-state index in [9.17, 15) is 13.5 Å². The number of rotatable bonds is 7. The van der Waals surface area contributed by atoms with Crippen LogP contribution >= 0.6 is 0 Å². The van der Waals surface area contributed by atoms with Crippen LogP contribution in [-0.2, 0) is 10.0 Å². The first-order chi connectivity index (χ1) is 9.34. The highest BCUT2D eigenvalue weighted by atomic mass is 32.2. The van der Waals surface area contributed by atoms with Crippen molar-refractivity contribution in [1.82, 2.24) is 4.72 Å². The molecule has 0 saturated heterocycles. The topological polar surface area (TPSA) is 98.7 Å². The van der Waals surface area contributed by atoms with Crippen molar-refractivity contribution in [1.29, 1.82) is 0 Å². The van der Waals surface area contributed by atoms with Crippen molar-refractivity contribution in [2.75, 3.05) is 18.5 Å². The molecule has 1 fully saturated rings. The van der Waals surface area contributed by atoms with Crippen LogP contribution in [-0.4, -0.2) is 43.4 Å². The predicted octanol–water partition coefficient (Wildman–Crippen LogP) is 0.282. The molecule has 2 rings (SSSR count). The number of aliphatic hydroxyl groups excluding tert-OH is 1. The molecule has 0 radical (unpaired) electrons. The molecule has 0 aromatic heterocycles. The third kappa shape index (κ3) is 3.92. The van der Waals surface area contributed by atoms with E-state index < -0.39 is 22.2 Å². The van der Waals surface area contributed by atoms with Gasteiger partial charge in [-0.2, -0.15) is 0 Å². The summed E-state index contributed by atoms with van der Waals surface area (Å²) in [5.41, 5.74) is -0.893. The van der Waals surface area contributed by atoms with Crippen LogP contribution in [0.5, 0.6) is 0 Å². The average molecular weight is 300 g/mol. The Morgan fingerprint density at radius 2 is 2.00 bits per heavy atom. The minimum Gasteiger partial charge on any atom is -0.393 e. The Hall–Kier alpha value is -1.15. The second-order valence-corrected chi connectivity index (χ2v) is 7.08. The molecule has 1 aliphatic rings. The largest absolute Gasteiger partial charge is 0.393 e. The standard InChI is InChI=1S/C13H20N2O4S/c1-13(17,9-16)8-14-11-4-2-3-5-12(11)20(18,19)15-10-6-7-10/h2-5,10,14-17H,6-9H2,1H3. The highest BCUT2D eigenvalue weighted by molar-refractivity contribution is 7.89. The van der Waals surface area contributed by atoms with Gasteiger partial charge in [0.25, 0.3) is 0 Å². The van der Waals surface area contributed by atoms with Gasteiger partial charge in [0, 0.05) is 12.6 Å². The maximum Gasteiger partial charge on any atom is 0.242 e. The lowest BCUT2D eigenvalue weighted by Crippen LogP contribution is -2.37. The normalized spacial score (nSPS) is 18.6. The zero-order valence-electron chi connectivity index (χ0n) is 11.3. The van der Waals surface area contributed by atoms with Gasteiger partial charge < -0.3 is 15.5 Å². The van der Waals surface area contributed by atoms with E-state index in [4.69, 9.17) is 5.11 Å². The van der Waals surface area contributed by atoms with E-state index in [2.05, 4.69) is 10.0 Å². The van der Waals surface area contributed by atoms with Crippen molar-refractivity contribution in [2.45, 2.75) is 36.3 Å². The number of para-hydroxylation sites is 1. The molecule has 1 atom stereocenters. The van der Waals surface area contributed by atoms with Crippen molar-refractivity contribution < 1.29 is 18.6 Å². The Morgan fingerprint density at radius 1 is 1.35 bits per heavy atom. The fourth-order valence-corrected chi connectivity index (χ4v) is 3.16. The molecule has 0 heterocycles. The highest BCUT2D eigenvalue weighted by Crippen LogP contribution is 2.26. The Morgan fingerprint density at radius 3 is 2.60 bits per heavy atom. The summed E-state index contributed by atoms with van der Waals surface area (Å²) in [5, 5.41) is 21.6. The van der Waals surface area contributed by atoms with Crippen LogP contribution in [0.2, 0.25) is 0 Å². The third-order valence-electron chi connectivity index (χ3n) is 3.08. The maximum atomic E-state index is 12.2. The third-order valence-corrected chi connectivity index (χ3v) is 4.65. The minimum absolute atomic E-state index is 0.0357. The van der Waals surface area contributed by atoms with Crippen molar-refractivity contribution in [3.63, 3.8) is 0 Å². The monoisotopic (exact) mass is 300 g/mol. The first-order valence-corrected chi connectivity index (χ1v) is 8.01. The molecule has 1 aliphatic carbocycles. The zero-order valence-corrected chi connectivity index (χ0v) is 12.2. The second-order valence-electron chi connectivity index (χ2n) is 5.40. The number of sulfonamides is 1. The van der Waals surface area contributed by atoms with Crippen molar-refractivity contribution in [2.24, 2.45) is 0 Å². The molecule has 1 unspecified atom stereocenters. The summed E-state index contributed by atoms with van der Waals surface area (Å²) in [5.74, 6) is 0. The molecule has 4 N–H and O–H groups in total. The minimum atomic E-state index is -3.56. The van der Waals surface area contributed by atoms with Gasteiger partial charge in [0.1, 0.15) is 10.5 Å². The number of hydrogen-bond acceptors (Lipinski definition) is 5. The van der Waals surface area contributed by atoms with Crippen LogP contribution in [0, 0.1) is 0 Å². The fraction of sp³-hybridized carbons (Fsp3) is 0.538. The average Bonchev–Trinajstić information content (AvgIpc) is 3.20. The first-order valence-electron chi connectivity index (χ1n) is 6.52. The van der Waals surface area contributed by atoms with Crippen molar-refractivity contribution >= 4 is 15.7 Å². The maximum absolute atomic E-state index is 12.2. The molecule has 1 aromatic carbocycles. The summed E-state index contributed by atoms with van der Waals surface area (Å²) >= 11 is 0. The molecular formula is C13H20N2O4S. The number of benzene rings is 1. The zero-order chi connectivity index (χ0) is 14.8. The molecule has 0 amide bonds. The summed E-state index contributed by atoms with van der Waals surface area (Å²) < 4.78 is 27.1. The lowest BCUT2D eigenvalue weighted by Gasteiger charge is -2.22. The lowest BCUT2D eigenvalue weighted by atomic mass is 10.1. The summed E-state index contributed by atoms with van der Waals surface area (Å²) in [4.78, 5) is 0.153. The van der Waals surface area contributed by atoms with Gasteiger partial charge in [-0.1, -0.05) is 12.1 Å². The molecule has 0 aliphatic heterocycles. The van der Waals surface area contributed by atoms with Crippen molar-refractivity contribution in [3.05, 3.63) is 24.3 Å². The van der Waals surface area contributed by atoms with Gasteiger partial charge in [-0.3, -0.25) is 0 Å². The van der Waals surface area contributed by atoms with Crippen LogP contribution in [0.25, 0.3) is 0 Å². The molecule has 7 heteroatoms. The van der Waals surface area contributed by atoms with Gasteiger partial charge in [0.2, 0.25) is 10.0 Å². The van der Waals surface area contributed by atoms with Crippen molar-refractivity contribution in [3.8, 4) is 0 Å². The van der Waals surface area contributed by atoms with E-state index in [-0.39, 0.29) is 17.5 Å². The van der Waals surface area contributed by atoms with E-state index in [1.807, 2.05) is 0 Å². The number of hydrogen-bond donors (Lipinski definition) is 4. The van der Waals surface area contributed by atoms with E-state index in [1.54, 1.807) is 18.2 Å². The molecule has 6 nitrogen and oxygen atoms in total. The van der Waals surface area contributed by atoms with E-state index in [1.165, 1.54) is 13.0 Å². The van der Waals surface area contributed by atoms with Gasteiger partial charge in [0.05, 0.1) is 12.3 Å². The number of aliphatic hydroxyl groups is 2. The smallest absolute Gasteiger partial charge is 0.242 e. The quantitative estimate of drug-likeness (QED) is 0.580. The molecular weight excluding hydrogens is 280 g/mol. The van der Waals surface area contributed by atoms with Gasteiger partial charge >= 0.3 is 0 Å². The molecule has 112 valence electrons. The van der Waals surface area contributed by atoms with Crippen LogP contribution in [0.15, 0.2) is 29.2 Å². The highest BCUT2D eigenvalue weighted by Gasteiger charge is 2.29. The number of anilines is 1. The summed E-state index contributed by atoms with van der Waals surface area (Å²) in [6, 6.07) is 6.55.